The van der Waals surface area contributed by atoms with Crippen LogP contribution in [0.15, 0.2) is 18.2 Å². The summed E-state index contributed by atoms with van der Waals surface area (Å²) in [5.41, 5.74) is 0.258. The lowest BCUT2D eigenvalue weighted by Gasteiger charge is -1.94. The molecule has 0 amide bonds. The summed E-state index contributed by atoms with van der Waals surface area (Å²) >= 11 is 0. The number of carboxylic acid groups (broad SMARTS) is 1. The molecule has 0 aliphatic rings. The number of halogens is 1. The van der Waals surface area contributed by atoms with Crippen LogP contribution in [0.3, 0.4) is 0 Å². The average Bonchev–Trinajstić information content (AvgIpc) is 2.44. The van der Waals surface area contributed by atoms with Gasteiger partial charge in [0, 0.05) is 6.07 Å². The molecule has 72 valence electrons. The maximum absolute atomic E-state index is 12.7. The van der Waals surface area contributed by atoms with E-state index in [2.05, 4.69) is 4.98 Å². The van der Waals surface area contributed by atoms with Crippen molar-refractivity contribution >= 4 is 17.0 Å². The van der Waals surface area contributed by atoms with Gasteiger partial charge in [0.2, 0.25) is 0 Å². The predicted molar refractivity (Wildman–Crippen MR) is 43.8 cm³/mol. The van der Waals surface area contributed by atoms with E-state index in [1.807, 2.05) is 0 Å². The second kappa shape index (κ2) is 2.69. The van der Waals surface area contributed by atoms with Crippen LogP contribution in [0.2, 0.25) is 0 Å². The van der Waals surface area contributed by atoms with Gasteiger partial charge in [0.1, 0.15) is 11.3 Å². The van der Waals surface area contributed by atoms with Crippen LogP contribution in [0.4, 0.5) is 4.39 Å². The highest BCUT2D eigenvalue weighted by atomic mass is 19.1. The fourth-order valence-electron chi connectivity index (χ4n) is 1.17. The zero-order valence-electron chi connectivity index (χ0n) is 6.81. The average molecular weight is 196 g/mol. The molecule has 2 aromatic rings. The lowest BCUT2D eigenvalue weighted by molar-refractivity contribution is 0.0639. The fraction of sp³-hybridized carbons (Fsp3) is 0. The summed E-state index contributed by atoms with van der Waals surface area (Å²) in [6.07, 6.45) is 0. The molecular weight excluding hydrogens is 191 g/mol. The van der Waals surface area contributed by atoms with Gasteiger partial charge in [-0.15, -0.1) is 0 Å². The van der Waals surface area contributed by atoms with E-state index < -0.39 is 17.6 Å². The molecule has 2 N–H and O–H groups in total. The van der Waals surface area contributed by atoms with Crippen LogP contribution >= 0.6 is 0 Å². The van der Waals surface area contributed by atoms with Gasteiger partial charge in [-0.1, -0.05) is 0 Å². The summed E-state index contributed by atoms with van der Waals surface area (Å²) < 4.78 is 13.1. The molecule has 0 unspecified atom stereocenters. The lowest BCUT2D eigenvalue weighted by atomic mass is 10.3. The molecule has 0 atom stereocenters. The molecule has 6 heteroatoms. The molecule has 0 aliphatic heterocycles. The molecule has 14 heavy (non-hydrogen) atoms. The Hall–Kier alpha value is -2.11. The van der Waals surface area contributed by atoms with Crippen molar-refractivity contribution in [3.8, 4) is 0 Å². The highest BCUT2D eigenvalue weighted by molar-refractivity contribution is 5.89. The van der Waals surface area contributed by atoms with Gasteiger partial charge in [-0.25, -0.2) is 14.2 Å². The van der Waals surface area contributed by atoms with Crippen LogP contribution in [-0.2, 0) is 0 Å². The maximum Gasteiger partial charge on any atom is 0.375 e. The summed E-state index contributed by atoms with van der Waals surface area (Å²) in [6.45, 7) is 0. The monoisotopic (exact) mass is 196 g/mol. The third-order valence-corrected chi connectivity index (χ3v) is 1.78. The van der Waals surface area contributed by atoms with E-state index in [1.54, 1.807) is 0 Å². The number of fused-ring (bicyclic) bond motifs is 1. The van der Waals surface area contributed by atoms with E-state index in [0.717, 1.165) is 12.1 Å². The minimum Gasteiger partial charge on any atom is -0.475 e. The Balaban J connectivity index is 2.80. The van der Waals surface area contributed by atoms with E-state index >= 15 is 0 Å². The maximum atomic E-state index is 12.7. The van der Waals surface area contributed by atoms with E-state index in [9.17, 15) is 14.4 Å². The highest BCUT2D eigenvalue weighted by Gasteiger charge is 2.16. The molecule has 5 nitrogen and oxygen atoms in total. The predicted octanol–water partition coefficient (Wildman–Crippen LogP) is 1.11. The van der Waals surface area contributed by atoms with Crippen molar-refractivity contribution in [1.82, 2.24) is 9.71 Å². The van der Waals surface area contributed by atoms with Gasteiger partial charge in [-0.2, -0.15) is 4.73 Å². The van der Waals surface area contributed by atoms with Crippen molar-refractivity contribution in [2.45, 2.75) is 0 Å². The number of nitrogens with zero attached hydrogens (tertiary/aromatic N) is 2. The number of carbonyl (C=O) groups is 1. The number of imidazole rings is 1. The van der Waals surface area contributed by atoms with Crippen LogP contribution in [0.5, 0.6) is 0 Å². The first-order valence-corrected chi connectivity index (χ1v) is 3.70. The van der Waals surface area contributed by atoms with Crippen LogP contribution in [0.1, 0.15) is 10.6 Å². The number of hydrogen-bond acceptors (Lipinski definition) is 3. The Labute approximate surface area is 77.0 Å². The fourth-order valence-corrected chi connectivity index (χ4v) is 1.17. The third kappa shape index (κ3) is 1.08. The van der Waals surface area contributed by atoms with Crippen molar-refractivity contribution in [2.24, 2.45) is 0 Å². The largest absolute Gasteiger partial charge is 0.475 e. The normalized spacial score (nSPS) is 10.6. The molecule has 0 bridgehead atoms. The Morgan fingerprint density at radius 2 is 2.21 bits per heavy atom. The highest BCUT2D eigenvalue weighted by Crippen LogP contribution is 2.15. The van der Waals surface area contributed by atoms with Gasteiger partial charge in [-0.05, 0) is 12.1 Å². The Kier molecular flexibility index (Phi) is 1.63. The summed E-state index contributed by atoms with van der Waals surface area (Å²) in [7, 11) is 0. The molecule has 2 rings (SSSR count). The molecule has 0 fully saturated rings. The smallest absolute Gasteiger partial charge is 0.375 e. The SMILES string of the molecule is O=C(O)c1nc2ccc(F)cc2n1O. The standard InChI is InChI=1S/C8H5FN2O3/c9-4-1-2-5-6(3-4)11(14)7(10-5)8(12)13/h1-3,14H,(H,12,13). The van der Waals surface area contributed by atoms with Gasteiger partial charge in [0.15, 0.2) is 0 Å². The number of hydrogen-bond donors (Lipinski definition) is 2. The summed E-state index contributed by atoms with van der Waals surface area (Å²) in [6, 6.07) is 3.44. The minimum atomic E-state index is -1.37. The van der Waals surface area contributed by atoms with Crippen LogP contribution in [0.25, 0.3) is 11.0 Å². The van der Waals surface area contributed by atoms with E-state index in [0.29, 0.717) is 4.73 Å². The zero-order chi connectivity index (χ0) is 10.3. The molecule has 1 aromatic heterocycles. The quantitative estimate of drug-likeness (QED) is 0.670. The number of carboxylic acids is 1. The van der Waals surface area contributed by atoms with E-state index in [4.69, 9.17) is 5.11 Å². The summed E-state index contributed by atoms with van der Waals surface area (Å²) in [5.74, 6) is -2.47. The second-order valence-electron chi connectivity index (χ2n) is 2.69. The zero-order valence-corrected chi connectivity index (χ0v) is 6.81. The third-order valence-electron chi connectivity index (χ3n) is 1.78. The van der Waals surface area contributed by atoms with Crippen molar-refractivity contribution in [3.63, 3.8) is 0 Å². The van der Waals surface area contributed by atoms with Crippen LogP contribution in [0, 0.1) is 5.82 Å². The van der Waals surface area contributed by atoms with Crippen molar-refractivity contribution in [3.05, 3.63) is 29.8 Å². The first-order valence-electron chi connectivity index (χ1n) is 3.70. The Morgan fingerprint density at radius 3 is 2.86 bits per heavy atom. The number of aromatic nitrogens is 2. The van der Waals surface area contributed by atoms with Crippen molar-refractivity contribution in [1.29, 1.82) is 0 Å². The lowest BCUT2D eigenvalue weighted by Crippen LogP contribution is -2.06. The van der Waals surface area contributed by atoms with Gasteiger partial charge in [0.25, 0.3) is 5.82 Å². The van der Waals surface area contributed by atoms with Gasteiger partial charge in [0.05, 0.1) is 5.52 Å². The molecule has 1 aromatic carbocycles. The number of benzene rings is 1. The van der Waals surface area contributed by atoms with Crippen LogP contribution < -0.4 is 0 Å². The Morgan fingerprint density at radius 1 is 1.50 bits per heavy atom. The first-order chi connectivity index (χ1) is 6.59. The van der Waals surface area contributed by atoms with Crippen LogP contribution in [-0.4, -0.2) is 26.0 Å². The molecule has 0 spiro atoms. The topological polar surface area (TPSA) is 75.3 Å². The van der Waals surface area contributed by atoms with Gasteiger partial charge < -0.3 is 10.3 Å². The second-order valence-corrected chi connectivity index (χ2v) is 2.69. The number of aromatic carboxylic acids is 1. The summed E-state index contributed by atoms with van der Waals surface area (Å²) in [5, 5.41) is 17.9. The minimum absolute atomic E-state index is 0.0300. The van der Waals surface area contributed by atoms with Crippen molar-refractivity contribution < 1.29 is 19.5 Å². The number of rotatable bonds is 1. The van der Waals surface area contributed by atoms with Gasteiger partial charge >= 0.3 is 5.97 Å². The molecule has 0 aliphatic carbocycles. The van der Waals surface area contributed by atoms with Crippen molar-refractivity contribution in [2.75, 3.05) is 0 Å². The molecule has 0 saturated carbocycles. The van der Waals surface area contributed by atoms with Gasteiger partial charge in [-0.3, -0.25) is 0 Å². The first kappa shape index (κ1) is 8.49. The van der Waals surface area contributed by atoms with E-state index in [1.165, 1.54) is 6.07 Å². The summed E-state index contributed by atoms with van der Waals surface area (Å²) in [4.78, 5) is 14.1. The molecule has 1 heterocycles. The molecule has 0 radical (unpaired) electrons. The molecule has 0 saturated heterocycles. The Bertz CT molecular complexity index is 521. The van der Waals surface area contributed by atoms with E-state index in [-0.39, 0.29) is 11.0 Å². The molecular formula is C8H5FN2O3.